The number of nitrogens with one attached hydrogen (secondary N) is 1. The van der Waals surface area contributed by atoms with Crippen LogP contribution in [-0.2, 0) is 6.42 Å². The molecule has 0 aliphatic heterocycles. The van der Waals surface area contributed by atoms with Gasteiger partial charge in [-0.25, -0.2) is 14.4 Å². The first-order chi connectivity index (χ1) is 10.8. The van der Waals surface area contributed by atoms with Crippen molar-refractivity contribution < 1.29 is 4.40 Å². The van der Waals surface area contributed by atoms with Gasteiger partial charge in [-0.2, -0.15) is 0 Å². The van der Waals surface area contributed by atoms with Crippen molar-refractivity contribution in [1.82, 2.24) is 24.1 Å². The summed E-state index contributed by atoms with van der Waals surface area (Å²) in [6, 6.07) is 5.89. The van der Waals surface area contributed by atoms with Crippen molar-refractivity contribution >= 4 is 17.4 Å². The van der Waals surface area contributed by atoms with Crippen molar-refractivity contribution in [3.8, 4) is 5.82 Å². The Bertz CT molecular complexity index is 996. The molecule has 4 aromatic heterocycles. The van der Waals surface area contributed by atoms with E-state index in [0.717, 1.165) is 28.6 Å². The summed E-state index contributed by atoms with van der Waals surface area (Å²) in [5.74, 6) is 2.50. The molecule has 7 heteroatoms. The summed E-state index contributed by atoms with van der Waals surface area (Å²) in [5, 5.41) is 11.9. The summed E-state index contributed by atoms with van der Waals surface area (Å²) in [6.45, 7) is 2.00. The fourth-order valence-corrected chi connectivity index (χ4v) is 2.57. The van der Waals surface area contributed by atoms with Crippen LogP contribution in [0.15, 0.2) is 43.0 Å². The predicted octanol–water partition coefficient (Wildman–Crippen LogP) is 1.15. The molecule has 4 aromatic rings. The third-order valence-electron chi connectivity index (χ3n) is 3.67. The van der Waals surface area contributed by atoms with E-state index in [2.05, 4.69) is 15.1 Å². The van der Waals surface area contributed by atoms with Crippen LogP contribution >= 0.6 is 0 Å². The third kappa shape index (κ3) is 1.79. The van der Waals surface area contributed by atoms with Crippen LogP contribution in [-0.4, -0.2) is 30.4 Å². The van der Waals surface area contributed by atoms with Crippen LogP contribution in [0.3, 0.4) is 0 Å². The second-order valence-corrected chi connectivity index (χ2v) is 5.01. The molecule has 0 unspecified atom stereocenters. The molecule has 0 radical (unpaired) electrons. The molecule has 4 heterocycles. The maximum absolute atomic E-state index is 7.26. The summed E-state index contributed by atoms with van der Waals surface area (Å²) in [4.78, 5) is 8.80. The zero-order chi connectivity index (χ0) is 15.1. The Morgan fingerprint density at radius 2 is 2.14 bits per heavy atom. The van der Waals surface area contributed by atoms with Crippen LogP contribution < -0.4 is 4.40 Å². The topological polar surface area (TPSA) is 76.0 Å². The number of pyridine rings is 1. The monoisotopic (exact) mass is 292 g/mol. The molecule has 0 atom stereocenters. The van der Waals surface area contributed by atoms with Crippen molar-refractivity contribution in [2.24, 2.45) is 0 Å². The molecule has 0 aliphatic carbocycles. The molecule has 4 rings (SSSR count). The van der Waals surface area contributed by atoms with Crippen LogP contribution in [0.2, 0.25) is 0 Å². The number of rotatable bonds is 3. The molecule has 0 aliphatic rings. The van der Waals surface area contributed by atoms with Crippen LogP contribution in [0.1, 0.15) is 11.6 Å². The van der Waals surface area contributed by atoms with Gasteiger partial charge < -0.3 is 5.41 Å². The van der Waals surface area contributed by atoms with Crippen molar-refractivity contribution in [3.63, 3.8) is 0 Å². The highest BCUT2D eigenvalue weighted by atomic mass is 15.4. The van der Waals surface area contributed by atoms with E-state index in [0.29, 0.717) is 6.42 Å². The molecule has 0 amide bonds. The van der Waals surface area contributed by atoms with E-state index in [4.69, 9.17) is 5.41 Å². The average Bonchev–Trinajstić information content (AvgIpc) is 3.10. The Morgan fingerprint density at radius 1 is 1.27 bits per heavy atom. The van der Waals surface area contributed by atoms with Gasteiger partial charge in [0, 0.05) is 25.6 Å². The minimum atomic E-state index is 0.492. The Morgan fingerprint density at radius 3 is 2.95 bits per heavy atom. The van der Waals surface area contributed by atoms with Gasteiger partial charge in [0.1, 0.15) is 5.82 Å². The Balaban J connectivity index is 1.93. The number of aromatic nitrogens is 6. The average molecular weight is 292 g/mol. The number of aryl methyl sites for hydroxylation is 1. The predicted molar refractivity (Wildman–Crippen MR) is 80.5 cm³/mol. The van der Waals surface area contributed by atoms with E-state index in [1.165, 1.54) is 6.21 Å². The zero-order valence-corrected chi connectivity index (χ0v) is 12.0. The highest BCUT2D eigenvalue weighted by molar-refractivity contribution is 5.58. The molecule has 0 saturated heterocycles. The first-order valence-electron chi connectivity index (χ1n) is 6.95. The Kier molecular flexibility index (Phi) is 2.72. The van der Waals surface area contributed by atoms with E-state index in [9.17, 15) is 0 Å². The van der Waals surface area contributed by atoms with E-state index >= 15 is 0 Å². The molecule has 0 aromatic carbocycles. The molecule has 1 N–H and O–H groups in total. The highest BCUT2D eigenvalue weighted by Crippen LogP contribution is 2.11. The van der Waals surface area contributed by atoms with Gasteiger partial charge in [0.05, 0.1) is 35.4 Å². The van der Waals surface area contributed by atoms with Gasteiger partial charge in [-0.15, -0.1) is 0 Å². The molecule has 0 fully saturated rings. The van der Waals surface area contributed by atoms with E-state index < -0.39 is 0 Å². The van der Waals surface area contributed by atoms with Gasteiger partial charge in [0.2, 0.25) is 11.6 Å². The fourth-order valence-electron chi connectivity index (χ4n) is 2.57. The first kappa shape index (κ1) is 12.6. The lowest BCUT2D eigenvalue weighted by Gasteiger charge is -2.00. The molecule has 22 heavy (non-hydrogen) atoms. The normalized spacial score (nSPS) is 11.3. The lowest BCUT2D eigenvalue weighted by molar-refractivity contribution is -0.520. The molecular weight excluding hydrogens is 278 g/mol. The second kappa shape index (κ2) is 4.73. The molecular formula is C15H14N7+. The minimum Gasteiger partial charge on any atom is -0.313 e. The Hall–Kier alpha value is -3.09. The minimum absolute atomic E-state index is 0.492. The molecule has 0 saturated carbocycles. The van der Waals surface area contributed by atoms with Crippen molar-refractivity contribution in [1.29, 1.82) is 5.41 Å². The van der Waals surface area contributed by atoms with Crippen molar-refractivity contribution in [3.05, 3.63) is 54.6 Å². The number of hydrogen-bond acceptors (Lipinski definition) is 4. The summed E-state index contributed by atoms with van der Waals surface area (Å²) in [6.07, 6.45) is 9.25. The summed E-state index contributed by atoms with van der Waals surface area (Å²) < 4.78 is 5.77. The van der Waals surface area contributed by atoms with Gasteiger partial charge in [0.25, 0.3) is 0 Å². The number of fused-ring (bicyclic) bond motifs is 2. The zero-order valence-electron chi connectivity index (χ0n) is 12.0. The molecule has 0 bridgehead atoms. The number of imidazole rings is 1. The van der Waals surface area contributed by atoms with Gasteiger partial charge in [-0.05, 0) is 6.07 Å². The standard InChI is InChI=1S/C15H14N7/c1-11-20-7-3-2-4-14(20)19-22(11)15-10-21-12(9-18-15)8-17-13(21)5-6-16/h2-4,6-10,16H,5H2,1H3/q+1. The smallest absolute Gasteiger partial charge is 0.306 e. The number of nitrogens with zero attached hydrogens (tertiary/aromatic N) is 6. The molecule has 0 spiro atoms. The third-order valence-corrected chi connectivity index (χ3v) is 3.67. The Labute approximate surface area is 126 Å². The molecule has 7 nitrogen and oxygen atoms in total. The second-order valence-electron chi connectivity index (χ2n) is 5.01. The van der Waals surface area contributed by atoms with Gasteiger partial charge in [0.15, 0.2) is 0 Å². The first-order valence-corrected chi connectivity index (χ1v) is 6.95. The van der Waals surface area contributed by atoms with Gasteiger partial charge in [-0.3, -0.25) is 4.40 Å². The van der Waals surface area contributed by atoms with Crippen LogP contribution in [0.25, 0.3) is 17.0 Å². The van der Waals surface area contributed by atoms with E-state index in [1.807, 2.05) is 51.0 Å². The van der Waals surface area contributed by atoms with Crippen LogP contribution in [0.5, 0.6) is 0 Å². The summed E-state index contributed by atoms with van der Waals surface area (Å²) in [5.41, 5.74) is 1.77. The van der Waals surface area contributed by atoms with E-state index in [1.54, 1.807) is 12.4 Å². The SMILES string of the molecule is Cc1n(-c2cn3c(CC=N)ncc3cn2)nc2cccc[n+]12. The van der Waals surface area contributed by atoms with Gasteiger partial charge in [-0.1, -0.05) is 10.7 Å². The van der Waals surface area contributed by atoms with Crippen LogP contribution in [0, 0.1) is 12.3 Å². The van der Waals surface area contributed by atoms with Crippen molar-refractivity contribution in [2.75, 3.05) is 0 Å². The quantitative estimate of drug-likeness (QED) is 0.454. The summed E-state index contributed by atoms with van der Waals surface area (Å²) in [7, 11) is 0. The number of hydrogen-bond donors (Lipinski definition) is 1. The molecule has 108 valence electrons. The highest BCUT2D eigenvalue weighted by Gasteiger charge is 2.19. The van der Waals surface area contributed by atoms with E-state index in [-0.39, 0.29) is 0 Å². The maximum atomic E-state index is 7.26. The maximum Gasteiger partial charge on any atom is 0.306 e. The lowest BCUT2D eigenvalue weighted by atomic mass is 10.4. The van der Waals surface area contributed by atoms with Crippen molar-refractivity contribution in [2.45, 2.75) is 13.3 Å². The largest absolute Gasteiger partial charge is 0.313 e. The lowest BCUT2D eigenvalue weighted by Crippen LogP contribution is -2.23. The fraction of sp³-hybridized carbons (Fsp3) is 0.133. The van der Waals surface area contributed by atoms with Gasteiger partial charge >= 0.3 is 5.65 Å². The van der Waals surface area contributed by atoms with Crippen LogP contribution in [0.4, 0.5) is 0 Å². The summed E-state index contributed by atoms with van der Waals surface area (Å²) >= 11 is 0.